The summed E-state index contributed by atoms with van der Waals surface area (Å²) >= 11 is 0. The van der Waals surface area contributed by atoms with E-state index in [0.29, 0.717) is 34.5 Å². The molecule has 0 bridgehead atoms. The Morgan fingerprint density at radius 2 is 2.03 bits per heavy atom. The molecule has 2 fully saturated rings. The lowest BCUT2D eigenvalue weighted by atomic mass is 10.1. The molecule has 2 aliphatic rings. The number of aromatic nitrogens is 3. The van der Waals surface area contributed by atoms with Crippen LogP contribution in [0.4, 0.5) is 26.1 Å². The average molecular weight is 410 g/mol. The van der Waals surface area contributed by atoms with Crippen molar-refractivity contribution < 1.29 is 18.4 Å². The van der Waals surface area contributed by atoms with Crippen LogP contribution in [0.15, 0.2) is 36.0 Å². The van der Waals surface area contributed by atoms with Crippen LogP contribution in [-0.2, 0) is 9.59 Å². The van der Waals surface area contributed by atoms with Crippen LogP contribution in [0.25, 0.3) is 11.7 Å². The first-order valence-corrected chi connectivity index (χ1v) is 9.38. The highest BCUT2D eigenvalue weighted by atomic mass is 19.1. The van der Waals surface area contributed by atoms with Gasteiger partial charge in [-0.1, -0.05) is 0 Å². The molecule has 1 aliphatic heterocycles. The van der Waals surface area contributed by atoms with Crippen molar-refractivity contribution in [2.24, 2.45) is 0 Å². The molecule has 1 aromatic carbocycles. The predicted octanol–water partition coefficient (Wildman–Crippen LogP) is 2.76. The maximum Gasteiger partial charge on any atom is 0.254 e. The van der Waals surface area contributed by atoms with E-state index in [0.717, 1.165) is 25.0 Å². The van der Waals surface area contributed by atoms with Crippen LogP contribution in [0.5, 0.6) is 0 Å². The number of rotatable bonds is 5. The predicted molar refractivity (Wildman–Crippen MR) is 105 cm³/mol. The van der Waals surface area contributed by atoms with Gasteiger partial charge in [-0.15, -0.1) is 0 Å². The SMILES string of the molecule is O=C1C/C(=C\c2cnn3c(NC4CC4)cc(Nc4ccc(F)cc4F)nc23)C(=O)N1. The number of benzene rings is 1. The number of carbonyl (C=O) groups is 2. The van der Waals surface area contributed by atoms with Crippen molar-refractivity contribution in [3.63, 3.8) is 0 Å². The molecule has 1 saturated heterocycles. The topological polar surface area (TPSA) is 100 Å². The van der Waals surface area contributed by atoms with Crippen molar-refractivity contribution in [2.75, 3.05) is 10.6 Å². The number of carbonyl (C=O) groups excluding carboxylic acids is 2. The molecule has 3 N–H and O–H groups in total. The number of nitrogens with one attached hydrogen (secondary N) is 3. The summed E-state index contributed by atoms with van der Waals surface area (Å²) in [4.78, 5) is 27.9. The fourth-order valence-corrected chi connectivity index (χ4v) is 3.22. The molecule has 3 aromatic rings. The maximum absolute atomic E-state index is 14.1. The number of fused-ring (bicyclic) bond motifs is 1. The summed E-state index contributed by atoms with van der Waals surface area (Å²) in [5.41, 5.74) is 1.35. The summed E-state index contributed by atoms with van der Waals surface area (Å²) < 4.78 is 28.9. The van der Waals surface area contributed by atoms with Crippen LogP contribution in [-0.4, -0.2) is 32.5 Å². The van der Waals surface area contributed by atoms with E-state index >= 15 is 0 Å². The Hall–Kier alpha value is -3.82. The molecule has 8 nitrogen and oxygen atoms in total. The first kappa shape index (κ1) is 18.2. The second-order valence-electron chi connectivity index (χ2n) is 7.25. The lowest BCUT2D eigenvalue weighted by Crippen LogP contribution is -2.19. The average Bonchev–Trinajstić information content (AvgIpc) is 3.33. The molecular formula is C20H16F2N6O2. The number of nitrogens with zero attached hydrogens (tertiary/aromatic N) is 3. The molecule has 10 heteroatoms. The van der Waals surface area contributed by atoms with Crippen molar-refractivity contribution in [2.45, 2.75) is 25.3 Å². The Labute approximate surface area is 169 Å². The van der Waals surface area contributed by atoms with Crippen LogP contribution in [0.1, 0.15) is 24.8 Å². The third kappa shape index (κ3) is 3.47. The lowest BCUT2D eigenvalue weighted by molar-refractivity contribution is -0.124. The van der Waals surface area contributed by atoms with E-state index in [1.807, 2.05) is 0 Å². The van der Waals surface area contributed by atoms with E-state index in [2.05, 4.69) is 26.0 Å². The molecule has 30 heavy (non-hydrogen) atoms. The smallest absolute Gasteiger partial charge is 0.254 e. The standard InChI is InChI=1S/C20H16F2N6O2/c21-12-1-4-15(14(22)7-12)25-16-8-17(24-13-2-3-13)28-19(26-16)11(9-23-28)5-10-6-18(29)27-20(10)30/h1,4-5,7-9,13,24H,2-3,6H2,(H,25,26)(H,27,29,30)/b10-5+. The third-order valence-electron chi connectivity index (χ3n) is 4.85. The van der Waals surface area contributed by atoms with Gasteiger partial charge in [0.05, 0.1) is 18.3 Å². The van der Waals surface area contributed by atoms with Crippen LogP contribution in [0.2, 0.25) is 0 Å². The monoisotopic (exact) mass is 410 g/mol. The Balaban J connectivity index is 1.58. The number of amides is 2. The van der Waals surface area contributed by atoms with Gasteiger partial charge in [-0.3, -0.25) is 14.9 Å². The molecule has 2 aromatic heterocycles. The van der Waals surface area contributed by atoms with Gasteiger partial charge in [-0.2, -0.15) is 9.61 Å². The van der Waals surface area contributed by atoms with Crippen molar-refractivity contribution in [1.82, 2.24) is 19.9 Å². The van der Waals surface area contributed by atoms with E-state index in [-0.39, 0.29) is 18.0 Å². The third-order valence-corrected chi connectivity index (χ3v) is 4.85. The minimum atomic E-state index is -0.745. The number of halogens is 2. The van der Waals surface area contributed by atoms with Crippen molar-refractivity contribution in [1.29, 1.82) is 0 Å². The first-order valence-electron chi connectivity index (χ1n) is 9.38. The van der Waals surface area contributed by atoms with Gasteiger partial charge >= 0.3 is 0 Å². The molecule has 0 atom stereocenters. The van der Waals surface area contributed by atoms with E-state index in [1.165, 1.54) is 6.07 Å². The molecule has 0 unspecified atom stereocenters. The quantitative estimate of drug-likeness (QED) is 0.442. The lowest BCUT2D eigenvalue weighted by Gasteiger charge is -2.12. The van der Waals surface area contributed by atoms with Gasteiger partial charge in [0.15, 0.2) is 5.65 Å². The van der Waals surface area contributed by atoms with Gasteiger partial charge in [-0.05, 0) is 31.1 Å². The fourth-order valence-electron chi connectivity index (χ4n) is 3.22. The highest BCUT2D eigenvalue weighted by Gasteiger charge is 2.25. The molecule has 2 amide bonds. The summed E-state index contributed by atoms with van der Waals surface area (Å²) in [5, 5.41) is 12.8. The van der Waals surface area contributed by atoms with Crippen molar-refractivity contribution in [3.8, 4) is 0 Å². The van der Waals surface area contributed by atoms with Gasteiger partial charge in [0, 0.05) is 29.3 Å². The number of hydrogen-bond donors (Lipinski definition) is 3. The minimum Gasteiger partial charge on any atom is -0.367 e. The summed E-state index contributed by atoms with van der Waals surface area (Å²) in [6, 6.07) is 5.23. The van der Waals surface area contributed by atoms with Gasteiger partial charge in [0.2, 0.25) is 5.91 Å². The molecule has 1 aliphatic carbocycles. The normalized spacial score (nSPS) is 17.6. The molecule has 3 heterocycles. The Bertz CT molecular complexity index is 1230. The first-order chi connectivity index (χ1) is 14.5. The largest absolute Gasteiger partial charge is 0.367 e. The summed E-state index contributed by atoms with van der Waals surface area (Å²) in [7, 11) is 0. The Kier molecular flexibility index (Phi) is 4.19. The molecule has 5 rings (SSSR count). The molecule has 152 valence electrons. The van der Waals surface area contributed by atoms with Crippen molar-refractivity contribution in [3.05, 3.63) is 53.2 Å². The van der Waals surface area contributed by atoms with Crippen LogP contribution < -0.4 is 16.0 Å². The number of hydrogen-bond acceptors (Lipinski definition) is 6. The highest BCUT2D eigenvalue weighted by molar-refractivity contribution is 6.15. The summed E-state index contributed by atoms with van der Waals surface area (Å²) in [6.45, 7) is 0. The van der Waals surface area contributed by atoms with Gasteiger partial charge < -0.3 is 10.6 Å². The zero-order valence-electron chi connectivity index (χ0n) is 15.6. The number of anilines is 3. The van der Waals surface area contributed by atoms with E-state index < -0.39 is 17.5 Å². The zero-order chi connectivity index (χ0) is 20.8. The molecule has 0 radical (unpaired) electrons. The van der Waals surface area contributed by atoms with E-state index in [1.54, 1.807) is 22.9 Å². The van der Waals surface area contributed by atoms with Crippen LogP contribution >= 0.6 is 0 Å². The van der Waals surface area contributed by atoms with Crippen LogP contribution in [0, 0.1) is 11.6 Å². The zero-order valence-corrected chi connectivity index (χ0v) is 15.6. The van der Waals surface area contributed by atoms with E-state index in [9.17, 15) is 18.4 Å². The van der Waals surface area contributed by atoms with Crippen molar-refractivity contribution >= 4 is 40.9 Å². The highest BCUT2D eigenvalue weighted by Crippen LogP contribution is 2.29. The molecular weight excluding hydrogens is 394 g/mol. The Morgan fingerprint density at radius 1 is 1.20 bits per heavy atom. The Morgan fingerprint density at radius 3 is 2.73 bits per heavy atom. The maximum atomic E-state index is 14.1. The molecule has 1 saturated carbocycles. The summed E-state index contributed by atoms with van der Waals surface area (Å²) in [6.07, 6.45) is 5.16. The fraction of sp³-hybridized carbons (Fsp3) is 0.200. The second-order valence-corrected chi connectivity index (χ2v) is 7.25. The minimum absolute atomic E-state index is 0.0118. The van der Waals surface area contributed by atoms with Gasteiger partial charge in [0.25, 0.3) is 5.91 Å². The van der Waals surface area contributed by atoms with Gasteiger partial charge in [-0.25, -0.2) is 13.8 Å². The van der Waals surface area contributed by atoms with Gasteiger partial charge in [0.1, 0.15) is 23.3 Å². The number of imide groups is 1. The summed E-state index contributed by atoms with van der Waals surface area (Å²) in [5.74, 6) is -1.26. The van der Waals surface area contributed by atoms with E-state index in [4.69, 9.17) is 0 Å². The van der Waals surface area contributed by atoms with Crippen LogP contribution in [0.3, 0.4) is 0 Å². The molecule has 0 spiro atoms. The second kappa shape index (κ2) is 6.90.